The highest BCUT2D eigenvalue weighted by Crippen LogP contribution is 2.33. The van der Waals surface area contributed by atoms with Crippen LogP contribution >= 0.6 is 34.8 Å². The maximum atomic E-state index is 12.9. The van der Waals surface area contributed by atoms with Crippen molar-refractivity contribution < 1.29 is 19.1 Å². The zero-order valence-electron chi connectivity index (χ0n) is 16.0. The lowest BCUT2D eigenvalue weighted by Crippen LogP contribution is -2.40. The number of halogens is 3. The highest BCUT2D eigenvalue weighted by molar-refractivity contribution is 6.53. The van der Waals surface area contributed by atoms with Crippen molar-refractivity contribution in [1.29, 1.82) is 0 Å². The van der Waals surface area contributed by atoms with Crippen molar-refractivity contribution in [3.8, 4) is 0 Å². The van der Waals surface area contributed by atoms with E-state index < -0.39 is 11.8 Å². The van der Waals surface area contributed by atoms with Crippen molar-refractivity contribution in [1.82, 2.24) is 4.90 Å². The predicted octanol–water partition coefficient (Wildman–Crippen LogP) is 3.90. The lowest BCUT2D eigenvalue weighted by molar-refractivity contribution is -0.120. The monoisotopic (exact) mass is 479 g/mol. The van der Waals surface area contributed by atoms with Crippen LogP contribution in [0.1, 0.15) is 10.4 Å². The summed E-state index contributed by atoms with van der Waals surface area (Å²) < 4.78 is 5.26. The Balaban J connectivity index is 1.51. The van der Waals surface area contributed by atoms with E-state index in [0.717, 1.165) is 4.90 Å². The second kappa shape index (κ2) is 8.88. The van der Waals surface area contributed by atoms with E-state index in [2.05, 4.69) is 5.32 Å². The Kier molecular flexibility index (Phi) is 6.20. The van der Waals surface area contributed by atoms with Gasteiger partial charge < -0.3 is 15.0 Å². The quantitative estimate of drug-likeness (QED) is 0.672. The number of nitrogens with zero attached hydrogens (tertiary/aromatic N) is 2. The van der Waals surface area contributed by atoms with Gasteiger partial charge in [-0.2, -0.15) is 0 Å². The molecule has 10 heteroatoms. The highest BCUT2D eigenvalue weighted by atomic mass is 35.5. The van der Waals surface area contributed by atoms with Crippen LogP contribution in [0, 0.1) is 0 Å². The van der Waals surface area contributed by atoms with Crippen molar-refractivity contribution in [3.63, 3.8) is 0 Å². The second-order valence-corrected chi connectivity index (χ2v) is 8.03. The zero-order valence-corrected chi connectivity index (χ0v) is 18.3. The summed E-state index contributed by atoms with van der Waals surface area (Å²) in [5.74, 6) is -1.39. The summed E-state index contributed by atoms with van der Waals surface area (Å²) in [6.45, 7) is 2.12. The summed E-state index contributed by atoms with van der Waals surface area (Å²) in [4.78, 5) is 40.6. The van der Waals surface area contributed by atoms with E-state index in [-0.39, 0.29) is 27.3 Å². The normalized spacial score (nSPS) is 16.9. The highest BCUT2D eigenvalue weighted by Gasteiger charge is 2.39. The number of imide groups is 1. The summed E-state index contributed by atoms with van der Waals surface area (Å²) in [7, 11) is 0. The van der Waals surface area contributed by atoms with Crippen molar-refractivity contribution in [2.45, 2.75) is 0 Å². The first kappa shape index (κ1) is 21.6. The van der Waals surface area contributed by atoms with Crippen LogP contribution in [0.3, 0.4) is 0 Å². The molecular weight excluding hydrogens is 465 g/mol. The molecular formula is C21H16Cl3N3O4. The van der Waals surface area contributed by atoms with Crippen molar-refractivity contribution in [2.75, 3.05) is 36.5 Å². The first-order valence-electron chi connectivity index (χ1n) is 9.34. The van der Waals surface area contributed by atoms with E-state index in [1.807, 2.05) is 0 Å². The summed E-state index contributed by atoms with van der Waals surface area (Å²) >= 11 is 18.1. The van der Waals surface area contributed by atoms with E-state index in [1.165, 1.54) is 18.2 Å². The van der Waals surface area contributed by atoms with Gasteiger partial charge in [0, 0.05) is 24.3 Å². The standard InChI is InChI=1S/C21H16Cl3N3O4/c22-15-6-5-14(11-16(15)23)27-20(29)17(24)18(21(27)30)25-13-3-1-12(2-4-13)19(28)26-7-9-31-10-8-26/h1-6,11,25H,7-10H2. The fourth-order valence-electron chi connectivity index (χ4n) is 3.26. The van der Waals surface area contributed by atoms with Gasteiger partial charge in [-0.3, -0.25) is 14.4 Å². The molecule has 160 valence electrons. The van der Waals surface area contributed by atoms with Gasteiger partial charge in [-0.15, -0.1) is 0 Å². The van der Waals surface area contributed by atoms with Crippen LogP contribution in [-0.4, -0.2) is 48.9 Å². The summed E-state index contributed by atoms with van der Waals surface area (Å²) in [6, 6.07) is 11.0. The molecule has 2 aliphatic rings. The molecule has 1 saturated heterocycles. The van der Waals surface area contributed by atoms with Crippen molar-refractivity contribution >= 4 is 63.9 Å². The third-order valence-electron chi connectivity index (χ3n) is 4.89. The molecule has 2 heterocycles. The predicted molar refractivity (Wildman–Crippen MR) is 119 cm³/mol. The van der Waals surface area contributed by atoms with Gasteiger partial charge in [0.25, 0.3) is 17.7 Å². The van der Waals surface area contributed by atoms with Gasteiger partial charge in [0.2, 0.25) is 0 Å². The third-order valence-corrected chi connectivity index (χ3v) is 5.98. The van der Waals surface area contributed by atoms with E-state index in [0.29, 0.717) is 42.6 Å². The number of amides is 3. The Morgan fingerprint density at radius 2 is 1.58 bits per heavy atom. The molecule has 2 aromatic carbocycles. The number of hydrogen-bond acceptors (Lipinski definition) is 5. The largest absolute Gasteiger partial charge is 0.378 e. The molecule has 0 unspecified atom stereocenters. The van der Waals surface area contributed by atoms with Gasteiger partial charge in [-0.1, -0.05) is 34.8 Å². The fraction of sp³-hybridized carbons (Fsp3) is 0.190. The van der Waals surface area contributed by atoms with Crippen molar-refractivity contribution in [3.05, 3.63) is 68.8 Å². The number of ether oxygens (including phenoxy) is 1. The Morgan fingerprint density at radius 3 is 2.23 bits per heavy atom. The van der Waals surface area contributed by atoms with Gasteiger partial charge in [-0.05, 0) is 42.5 Å². The first-order chi connectivity index (χ1) is 14.9. The number of nitrogens with one attached hydrogen (secondary N) is 1. The summed E-state index contributed by atoms with van der Waals surface area (Å²) in [5, 5.41) is 3.13. The van der Waals surface area contributed by atoms with Crippen LogP contribution < -0.4 is 10.2 Å². The topological polar surface area (TPSA) is 79.0 Å². The summed E-state index contributed by atoms with van der Waals surface area (Å²) in [6.07, 6.45) is 0. The second-order valence-electron chi connectivity index (χ2n) is 6.84. The molecule has 0 aliphatic carbocycles. The number of carbonyl (C=O) groups is 3. The molecule has 0 saturated carbocycles. The Hall–Kier alpha value is -2.58. The molecule has 1 N–H and O–H groups in total. The van der Waals surface area contributed by atoms with Crippen LogP contribution in [-0.2, 0) is 14.3 Å². The number of rotatable bonds is 4. The minimum Gasteiger partial charge on any atom is -0.378 e. The molecule has 0 bridgehead atoms. The maximum absolute atomic E-state index is 12.9. The minimum absolute atomic E-state index is 0.0648. The molecule has 0 radical (unpaired) electrons. The third kappa shape index (κ3) is 4.27. The minimum atomic E-state index is -0.674. The SMILES string of the molecule is O=C(c1ccc(NC2=C(Cl)C(=O)N(c3ccc(Cl)c(Cl)c3)C2=O)cc1)N1CCOCC1. The van der Waals surface area contributed by atoms with Crippen LogP contribution in [0.4, 0.5) is 11.4 Å². The van der Waals surface area contributed by atoms with E-state index >= 15 is 0 Å². The van der Waals surface area contributed by atoms with Gasteiger partial charge in [0.1, 0.15) is 10.7 Å². The Morgan fingerprint density at radius 1 is 0.903 bits per heavy atom. The molecule has 0 aromatic heterocycles. The molecule has 7 nitrogen and oxygen atoms in total. The molecule has 2 aliphatic heterocycles. The maximum Gasteiger partial charge on any atom is 0.283 e. The van der Waals surface area contributed by atoms with Gasteiger partial charge in [0.05, 0.1) is 28.9 Å². The fourth-order valence-corrected chi connectivity index (χ4v) is 3.76. The van der Waals surface area contributed by atoms with E-state index in [9.17, 15) is 14.4 Å². The van der Waals surface area contributed by atoms with Crippen LogP contribution in [0.15, 0.2) is 53.2 Å². The van der Waals surface area contributed by atoms with Gasteiger partial charge in [-0.25, -0.2) is 4.90 Å². The number of carbonyl (C=O) groups excluding carboxylic acids is 3. The summed E-state index contributed by atoms with van der Waals surface area (Å²) in [5.41, 5.74) is 1.21. The Bertz CT molecular complexity index is 1100. The Labute approximate surface area is 193 Å². The van der Waals surface area contributed by atoms with E-state index in [1.54, 1.807) is 29.2 Å². The molecule has 3 amide bonds. The molecule has 0 spiro atoms. The molecule has 2 aromatic rings. The average Bonchev–Trinajstić information content (AvgIpc) is 2.99. The zero-order chi connectivity index (χ0) is 22.1. The van der Waals surface area contributed by atoms with Crippen LogP contribution in [0.5, 0.6) is 0 Å². The molecule has 0 atom stereocenters. The smallest absolute Gasteiger partial charge is 0.283 e. The van der Waals surface area contributed by atoms with Crippen molar-refractivity contribution in [2.24, 2.45) is 0 Å². The molecule has 1 fully saturated rings. The molecule has 31 heavy (non-hydrogen) atoms. The lowest BCUT2D eigenvalue weighted by Gasteiger charge is -2.26. The molecule has 4 rings (SSSR count). The average molecular weight is 481 g/mol. The number of benzene rings is 2. The number of hydrogen-bond donors (Lipinski definition) is 1. The van der Waals surface area contributed by atoms with Crippen LogP contribution in [0.2, 0.25) is 10.0 Å². The van der Waals surface area contributed by atoms with E-state index in [4.69, 9.17) is 39.5 Å². The number of morpholine rings is 1. The first-order valence-corrected chi connectivity index (χ1v) is 10.5. The van der Waals surface area contributed by atoms with Gasteiger partial charge >= 0.3 is 0 Å². The van der Waals surface area contributed by atoms with Gasteiger partial charge in [0.15, 0.2) is 0 Å². The van der Waals surface area contributed by atoms with Crippen LogP contribution in [0.25, 0.3) is 0 Å². The number of anilines is 2. The lowest BCUT2D eigenvalue weighted by atomic mass is 10.1.